The minimum absolute atomic E-state index is 0.221. The number of amides is 1. The first-order valence-electron chi connectivity index (χ1n) is 8.56. The van der Waals surface area contributed by atoms with Crippen molar-refractivity contribution < 1.29 is 13.6 Å². The number of hydrogen-bond acceptors (Lipinski definition) is 3. The van der Waals surface area contributed by atoms with E-state index in [0.29, 0.717) is 23.1 Å². The second kappa shape index (κ2) is 6.31. The summed E-state index contributed by atoms with van der Waals surface area (Å²) in [6.45, 7) is 2.11. The van der Waals surface area contributed by atoms with Gasteiger partial charge >= 0.3 is 0 Å². The predicted molar refractivity (Wildman–Crippen MR) is 93.0 cm³/mol. The monoisotopic (exact) mass is 338 g/mol. The Morgan fingerprint density at radius 2 is 2.08 bits per heavy atom. The highest BCUT2D eigenvalue weighted by atomic mass is 19.1. The Labute approximate surface area is 145 Å². The summed E-state index contributed by atoms with van der Waals surface area (Å²) in [5, 5.41) is 3.47. The predicted octanol–water partition coefficient (Wildman–Crippen LogP) is 4.08. The van der Waals surface area contributed by atoms with Crippen molar-refractivity contribution in [1.82, 2.24) is 10.3 Å². The number of benzene rings is 1. The van der Waals surface area contributed by atoms with Crippen molar-refractivity contribution in [3.8, 4) is 0 Å². The maximum Gasteiger partial charge on any atom is 0.287 e. The number of carbonyl (C=O) groups excluding carboxylic acids is 1. The molecule has 1 aromatic carbocycles. The zero-order chi connectivity index (χ0) is 17.4. The normalized spacial score (nSPS) is 13.7. The van der Waals surface area contributed by atoms with Gasteiger partial charge in [-0.25, -0.2) is 4.39 Å². The van der Waals surface area contributed by atoms with Crippen molar-refractivity contribution in [1.29, 1.82) is 0 Å². The molecule has 0 saturated heterocycles. The van der Waals surface area contributed by atoms with Crippen LogP contribution in [-0.4, -0.2) is 10.9 Å². The van der Waals surface area contributed by atoms with Gasteiger partial charge in [0.05, 0.1) is 12.2 Å². The molecule has 1 aliphatic rings. The summed E-state index contributed by atoms with van der Waals surface area (Å²) in [7, 11) is 0. The highest BCUT2D eigenvalue weighted by molar-refractivity contribution is 5.98. The highest BCUT2D eigenvalue weighted by Gasteiger charge is 2.18. The summed E-state index contributed by atoms with van der Waals surface area (Å²) < 4.78 is 19.0. The molecular formula is C20H19FN2O2. The molecule has 4 nitrogen and oxygen atoms in total. The van der Waals surface area contributed by atoms with Gasteiger partial charge in [0.1, 0.15) is 11.4 Å². The number of hydrogen-bond donors (Lipinski definition) is 1. The molecule has 128 valence electrons. The molecule has 0 aliphatic heterocycles. The van der Waals surface area contributed by atoms with E-state index >= 15 is 0 Å². The average Bonchev–Trinajstić information content (AvgIpc) is 2.96. The maximum absolute atomic E-state index is 13.4. The minimum atomic E-state index is -0.346. The van der Waals surface area contributed by atoms with Crippen molar-refractivity contribution >= 4 is 16.9 Å². The number of carbonyl (C=O) groups is 1. The lowest BCUT2D eigenvalue weighted by atomic mass is 9.96. The second-order valence-corrected chi connectivity index (χ2v) is 6.49. The van der Waals surface area contributed by atoms with Gasteiger partial charge in [-0.2, -0.15) is 0 Å². The molecule has 4 rings (SSSR count). The van der Waals surface area contributed by atoms with Crippen LogP contribution < -0.4 is 5.32 Å². The van der Waals surface area contributed by atoms with Gasteiger partial charge < -0.3 is 9.73 Å². The quantitative estimate of drug-likeness (QED) is 0.783. The molecule has 25 heavy (non-hydrogen) atoms. The standard InChI is InChI=1S/C20H19FN2O2/c1-12-16-10-14(21)7-9-18(16)25-19(12)20(24)22-11-15-8-6-13-4-2-3-5-17(13)23-15/h6-10H,2-5,11H2,1H3,(H,22,24). The lowest BCUT2D eigenvalue weighted by Crippen LogP contribution is -2.24. The van der Waals surface area contributed by atoms with Crippen molar-refractivity contribution in [3.05, 3.63) is 64.4 Å². The van der Waals surface area contributed by atoms with Gasteiger partial charge in [-0.1, -0.05) is 6.07 Å². The molecule has 0 unspecified atom stereocenters. The number of nitrogens with one attached hydrogen (secondary N) is 1. The minimum Gasteiger partial charge on any atom is -0.451 e. The topological polar surface area (TPSA) is 55.1 Å². The molecule has 0 fully saturated rings. The SMILES string of the molecule is Cc1c(C(=O)NCc2ccc3c(n2)CCCC3)oc2ccc(F)cc12. The fourth-order valence-electron chi connectivity index (χ4n) is 3.39. The molecule has 1 N–H and O–H groups in total. The van der Waals surface area contributed by atoms with Crippen LogP contribution in [0, 0.1) is 12.7 Å². The molecule has 0 saturated carbocycles. The van der Waals surface area contributed by atoms with Crippen LogP contribution in [0.4, 0.5) is 4.39 Å². The Hall–Kier alpha value is -2.69. The molecular weight excluding hydrogens is 319 g/mol. The molecule has 0 radical (unpaired) electrons. The van der Waals surface area contributed by atoms with E-state index in [1.807, 2.05) is 6.07 Å². The molecule has 0 atom stereocenters. The van der Waals surface area contributed by atoms with E-state index < -0.39 is 0 Å². The molecule has 3 aromatic rings. The van der Waals surface area contributed by atoms with Crippen LogP contribution in [0.3, 0.4) is 0 Å². The van der Waals surface area contributed by atoms with Crippen LogP contribution in [0.15, 0.2) is 34.7 Å². The average molecular weight is 338 g/mol. The van der Waals surface area contributed by atoms with Gasteiger partial charge in [0.2, 0.25) is 0 Å². The molecule has 0 spiro atoms. The molecule has 0 bridgehead atoms. The van der Waals surface area contributed by atoms with E-state index in [4.69, 9.17) is 4.42 Å². The highest BCUT2D eigenvalue weighted by Crippen LogP contribution is 2.26. The lowest BCUT2D eigenvalue weighted by molar-refractivity contribution is 0.0924. The van der Waals surface area contributed by atoms with E-state index in [0.717, 1.165) is 24.2 Å². The van der Waals surface area contributed by atoms with E-state index in [2.05, 4.69) is 16.4 Å². The summed E-state index contributed by atoms with van der Waals surface area (Å²) in [5.41, 5.74) is 4.46. The first kappa shape index (κ1) is 15.8. The van der Waals surface area contributed by atoms with Gasteiger partial charge in [0.25, 0.3) is 5.91 Å². The van der Waals surface area contributed by atoms with Gasteiger partial charge in [-0.05, 0) is 62.4 Å². The summed E-state index contributed by atoms with van der Waals surface area (Å²) >= 11 is 0. The third kappa shape index (κ3) is 3.02. The lowest BCUT2D eigenvalue weighted by Gasteiger charge is -2.15. The number of pyridine rings is 1. The zero-order valence-electron chi connectivity index (χ0n) is 14.1. The van der Waals surface area contributed by atoms with Crippen molar-refractivity contribution in [2.45, 2.75) is 39.2 Å². The van der Waals surface area contributed by atoms with Crippen molar-refractivity contribution in [2.24, 2.45) is 0 Å². The third-order valence-electron chi connectivity index (χ3n) is 4.77. The Morgan fingerprint density at radius 3 is 2.96 bits per heavy atom. The largest absolute Gasteiger partial charge is 0.451 e. The number of aromatic nitrogens is 1. The Kier molecular flexibility index (Phi) is 3.99. The second-order valence-electron chi connectivity index (χ2n) is 6.49. The van der Waals surface area contributed by atoms with Gasteiger partial charge in [-0.3, -0.25) is 9.78 Å². The zero-order valence-corrected chi connectivity index (χ0v) is 14.1. The van der Waals surface area contributed by atoms with Gasteiger partial charge in [0, 0.05) is 16.6 Å². The molecule has 2 aromatic heterocycles. The number of halogens is 1. The van der Waals surface area contributed by atoms with Gasteiger partial charge in [0.15, 0.2) is 5.76 Å². The van der Waals surface area contributed by atoms with Crippen LogP contribution in [0.1, 0.15) is 45.9 Å². The number of rotatable bonds is 3. The van der Waals surface area contributed by atoms with Crippen LogP contribution in [0.5, 0.6) is 0 Å². The first-order chi connectivity index (χ1) is 12.1. The first-order valence-corrected chi connectivity index (χ1v) is 8.56. The Morgan fingerprint density at radius 1 is 1.24 bits per heavy atom. The Balaban J connectivity index is 1.52. The summed E-state index contributed by atoms with van der Waals surface area (Å²) in [5.74, 6) is -0.436. The Bertz CT molecular complexity index is 962. The van der Waals surface area contributed by atoms with Crippen LogP contribution in [0.2, 0.25) is 0 Å². The number of fused-ring (bicyclic) bond motifs is 2. The third-order valence-corrected chi connectivity index (χ3v) is 4.77. The fraction of sp³-hybridized carbons (Fsp3) is 0.300. The maximum atomic E-state index is 13.4. The smallest absolute Gasteiger partial charge is 0.287 e. The number of furan rings is 1. The van der Waals surface area contributed by atoms with Crippen LogP contribution >= 0.6 is 0 Å². The summed E-state index contributed by atoms with van der Waals surface area (Å²) in [6.07, 6.45) is 4.48. The fourth-order valence-corrected chi connectivity index (χ4v) is 3.39. The number of aryl methyl sites for hydroxylation is 3. The molecule has 5 heteroatoms. The van der Waals surface area contributed by atoms with E-state index in [1.165, 1.54) is 30.5 Å². The molecule has 1 aliphatic carbocycles. The van der Waals surface area contributed by atoms with Gasteiger partial charge in [-0.15, -0.1) is 0 Å². The van der Waals surface area contributed by atoms with E-state index in [9.17, 15) is 9.18 Å². The molecule has 2 heterocycles. The van der Waals surface area contributed by atoms with Crippen molar-refractivity contribution in [3.63, 3.8) is 0 Å². The van der Waals surface area contributed by atoms with Crippen LogP contribution in [0.25, 0.3) is 11.0 Å². The van der Waals surface area contributed by atoms with E-state index in [-0.39, 0.29) is 17.5 Å². The molecule has 1 amide bonds. The van der Waals surface area contributed by atoms with E-state index in [1.54, 1.807) is 13.0 Å². The summed E-state index contributed by atoms with van der Waals surface area (Å²) in [6, 6.07) is 8.32. The van der Waals surface area contributed by atoms with Crippen molar-refractivity contribution in [2.75, 3.05) is 0 Å². The summed E-state index contributed by atoms with van der Waals surface area (Å²) in [4.78, 5) is 17.1. The number of nitrogens with zero attached hydrogens (tertiary/aromatic N) is 1. The van der Waals surface area contributed by atoms with Crippen LogP contribution in [-0.2, 0) is 19.4 Å².